The van der Waals surface area contributed by atoms with Gasteiger partial charge in [-0.05, 0) is 54.7 Å². The lowest BCUT2D eigenvalue weighted by Crippen LogP contribution is -2.44. The zero-order valence-corrected chi connectivity index (χ0v) is 18.7. The van der Waals surface area contributed by atoms with Crippen LogP contribution in [0.5, 0.6) is 0 Å². The van der Waals surface area contributed by atoms with Crippen molar-refractivity contribution in [3.8, 4) is 11.3 Å². The summed E-state index contributed by atoms with van der Waals surface area (Å²) in [7, 11) is 0. The van der Waals surface area contributed by atoms with E-state index in [0.717, 1.165) is 22.8 Å². The average molecular weight is 495 g/mol. The zero-order chi connectivity index (χ0) is 24.4. The van der Waals surface area contributed by atoms with Gasteiger partial charge in [0.05, 0.1) is 16.0 Å². The Bertz CT molecular complexity index is 1350. The predicted molar refractivity (Wildman–Crippen MR) is 127 cm³/mol. The number of furan rings is 1. The maximum Gasteiger partial charge on any atom is 0.335 e. The van der Waals surface area contributed by atoms with E-state index in [1.165, 1.54) is 30.3 Å². The van der Waals surface area contributed by atoms with Crippen molar-refractivity contribution in [2.75, 3.05) is 0 Å². The first-order chi connectivity index (χ1) is 16.2. The molecule has 0 spiro atoms. The van der Waals surface area contributed by atoms with Crippen molar-refractivity contribution in [3.05, 3.63) is 88.0 Å². The number of hydrogen-bond donors (Lipinski definition) is 3. The summed E-state index contributed by atoms with van der Waals surface area (Å²) in [6.07, 6.45) is 1.43. The van der Waals surface area contributed by atoms with Gasteiger partial charge in [0.2, 0.25) is 0 Å². The van der Waals surface area contributed by atoms with Crippen LogP contribution in [-0.4, -0.2) is 43.3 Å². The second-order valence-electron chi connectivity index (χ2n) is 6.94. The Morgan fingerprint density at radius 3 is 2.21 bits per heavy atom. The molecule has 3 N–H and O–H groups in total. The minimum Gasteiger partial charge on any atom is -0.478 e. The third kappa shape index (κ3) is 4.75. The molecule has 1 aromatic heterocycles. The smallest absolute Gasteiger partial charge is 0.335 e. The van der Waals surface area contributed by atoms with Gasteiger partial charge in [0, 0.05) is 17.2 Å². The Morgan fingerprint density at radius 2 is 1.59 bits per heavy atom. The number of carboxylic acid groups (broad SMARTS) is 2. The lowest BCUT2D eigenvalue weighted by atomic mass is 10.0. The number of amides is 2. The van der Waals surface area contributed by atoms with Crippen molar-refractivity contribution < 1.29 is 33.8 Å². The van der Waals surface area contributed by atoms with Crippen LogP contribution < -0.4 is 5.43 Å². The lowest BCUT2D eigenvalue weighted by Gasteiger charge is -2.15. The fraction of sp³-hybridized carbons (Fsp3) is 0. The van der Waals surface area contributed by atoms with Crippen molar-refractivity contribution >= 4 is 58.1 Å². The first-order valence-corrected chi connectivity index (χ1v) is 10.8. The van der Waals surface area contributed by atoms with E-state index < -0.39 is 23.8 Å². The van der Waals surface area contributed by atoms with Gasteiger partial charge in [0.15, 0.2) is 4.32 Å². The molecular formula is C23H14N2O7S2. The van der Waals surface area contributed by atoms with Crippen LogP contribution >= 0.6 is 24.0 Å². The van der Waals surface area contributed by atoms with Crippen molar-refractivity contribution in [2.24, 2.45) is 0 Å². The molecule has 1 aliphatic heterocycles. The summed E-state index contributed by atoms with van der Waals surface area (Å²) in [5.74, 6) is -3.13. The molecule has 2 heterocycles. The molecule has 11 heteroatoms. The molecule has 34 heavy (non-hydrogen) atoms. The number of thiocarbonyl (C=S) groups is 1. The number of aromatic carboxylic acids is 2. The van der Waals surface area contributed by atoms with Crippen molar-refractivity contribution in [2.45, 2.75) is 0 Å². The summed E-state index contributed by atoms with van der Waals surface area (Å²) in [6.45, 7) is 0. The maximum absolute atomic E-state index is 12.8. The normalized spacial score (nSPS) is 14.5. The average Bonchev–Trinajstić information content (AvgIpc) is 3.39. The number of hydrazine groups is 1. The predicted octanol–water partition coefficient (Wildman–Crippen LogP) is 3.89. The SMILES string of the molecule is O=C(O)c1cc(C(=O)O)cc(-c2ccc(/C=C3/SC(=S)N(NC(=O)c4ccccc4)C3=O)o2)c1. The van der Waals surface area contributed by atoms with Gasteiger partial charge in [0.1, 0.15) is 11.5 Å². The summed E-state index contributed by atoms with van der Waals surface area (Å²) in [5, 5.41) is 19.5. The van der Waals surface area contributed by atoms with Crippen LogP contribution in [0.2, 0.25) is 0 Å². The molecule has 0 saturated carbocycles. The van der Waals surface area contributed by atoms with Gasteiger partial charge >= 0.3 is 11.9 Å². The van der Waals surface area contributed by atoms with Gasteiger partial charge in [0.25, 0.3) is 11.8 Å². The van der Waals surface area contributed by atoms with E-state index in [1.807, 2.05) is 0 Å². The van der Waals surface area contributed by atoms with Gasteiger partial charge in [-0.2, -0.15) is 5.01 Å². The van der Waals surface area contributed by atoms with Gasteiger partial charge in [-0.3, -0.25) is 15.0 Å². The van der Waals surface area contributed by atoms with Crippen molar-refractivity contribution in [1.82, 2.24) is 10.4 Å². The first-order valence-electron chi connectivity index (χ1n) is 9.59. The number of carbonyl (C=O) groups is 4. The molecule has 0 unspecified atom stereocenters. The summed E-state index contributed by atoms with van der Waals surface area (Å²) >= 11 is 6.18. The molecule has 1 aliphatic rings. The highest BCUT2D eigenvalue weighted by molar-refractivity contribution is 8.26. The van der Waals surface area contributed by atoms with Crippen LogP contribution in [0.3, 0.4) is 0 Å². The Labute approximate surface area is 201 Å². The summed E-state index contributed by atoms with van der Waals surface area (Å²) in [6, 6.07) is 15.0. The van der Waals surface area contributed by atoms with E-state index in [1.54, 1.807) is 30.3 Å². The second-order valence-corrected chi connectivity index (χ2v) is 8.61. The third-order valence-electron chi connectivity index (χ3n) is 4.65. The molecule has 0 bridgehead atoms. The number of rotatable bonds is 6. The van der Waals surface area contributed by atoms with Crippen molar-refractivity contribution in [3.63, 3.8) is 0 Å². The molecule has 0 radical (unpaired) electrons. The highest BCUT2D eigenvalue weighted by atomic mass is 32.2. The Balaban J connectivity index is 1.56. The minimum absolute atomic E-state index is 0.132. The second kappa shape index (κ2) is 9.33. The number of carbonyl (C=O) groups excluding carboxylic acids is 2. The van der Waals surface area contributed by atoms with E-state index >= 15 is 0 Å². The van der Waals surface area contributed by atoms with E-state index in [4.69, 9.17) is 16.6 Å². The van der Waals surface area contributed by atoms with Crippen LogP contribution in [0, 0.1) is 0 Å². The summed E-state index contributed by atoms with van der Waals surface area (Å²) < 4.78 is 5.83. The van der Waals surface area contributed by atoms with Gasteiger partial charge in [-0.25, -0.2) is 9.59 Å². The van der Waals surface area contributed by atoms with Gasteiger partial charge in [-0.15, -0.1) is 0 Å². The fourth-order valence-electron chi connectivity index (χ4n) is 3.05. The zero-order valence-electron chi connectivity index (χ0n) is 17.1. The van der Waals surface area contributed by atoms with Crippen LogP contribution in [0.4, 0.5) is 0 Å². The molecule has 0 atom stereocenters. The number of carboxylic acids is 2. The molecule has 1 saturated heterocycles. The largest absolute Gasteiger partial charge is 0.478 e. The van der Waals surface area contributed by atoms with Crippen LogP contribution in [0.1, 0.15) is 36.8 Å². The molecule has 3 aromatic rings. The van der Waals surface area contributed by atoms with E-state index in [0.29, 0.717) is 5.56 Å². The van der Waals surface area contributed by atoms with E-state index in [-0.39, 0.29) is 37.4 Å². The monoisotopic (exact) mass is 494 g/mol. The minimum atomic E-state index is -1.28. The molecule has 1 fully saturated rings. The Morgan fingerprint density at radius 1 is 0.941 bits per heavy atom. The molecule has 9 nitrogen and oxygen atoms in total. The summed E-state index contributed by atoms with van der Waals surface area (Å²) in [4.78, 5) is 48.0. The Hall–Kier alpha value is -4.22. The molecule has 170 valence electrons. The van der Waals surface area contributed by atoms with Crippen LogP contribution in [0.25, 0.3) is 17.4 Å². The molecular weight excluding hydrogens is 480 g/mol. The quantitative estimate of drug-likeness (QED) is 0.344. The fourth-order valence-corrected chi connectivity index (χ4v) is 4.21. The van der Waals surface area contributed by atoms with Crippen molar-refractivity contribution in [1.29, 1.82) is 0 Å². The highest BCUT2D eigenvalue weighted by Crippen LogP contribution is 2.33. The van der Waals surface area contributed by atoms with E-state index in [2.05, 4.69) is 5.43 Å². The number of benzene rings is 2. The van der Waals surface area contributed by atoms with Crippen LogP contribution in [0.15, 0.2) is 70.0 Å². The van der Waals surface area contributed by atoms with E-state index in [9.17, 15) is 29.4 Å². The standard InChI is InChI=1S/C23H14N2O7S2/c26-19(12-4-2-1-3-5-12)24-25-20(27)18(34-23(25)33)11-16-6-7-17(32-16)13-8-14(21(28)29)10-15(9-13)22(30)31/h1-11H,(H,24,26)(H,28,29)(H,30,31)/b18-11+. The third-order valence-corrected chi connectivity index (χ3v) is 5.96. The van der Waals surface area contributed by atoms with Gasteiger partial charge in [-0.1, -0.05) is 30.0 Å². The lowest BCUT2D eigenvalue weighted by molar-refractivity contribution is -0.123. The Kier molecular flexibility index (Phi) is 6.30. The molecule has 2 aromatic carbocycles. The van der Waals surface area contributed by atoms with Gasteiger partial charge < -0.3 is 14.6 Å². The molecule has 4 rings (SSSR count). The number of nitrogens with one attached hydrogen (secondary N) is 1. The topological polar surface area (TPSA) is 137 Å². The maximum atomic E-state index is 12.8. The van der Waals surface area contributed by atoms with Crippen LogP contribution in [-0.2, 0) is 4.79 Å². The molecule has 2 amide bonds. The number of hydrogen-bond acceptors (Lipinski definition) is 7. The number of thioether (sulfide) groups is 1. The summed E-state index contributed by atoms with van der Waals surface area (Å²) in [5.41, 5.74) is 2.68. The number of nitrogens with zero attached hydrogens (tertiary/aromatic N) is 1. The molecule has 0 aliphatic carbocycles. The first kappa shape index (κ1) is 23.0. The highest BCUT2D eigenvalue weighted by Gasteiger charge is 2.34.